The molecule has 0 bridgehead atoms. The molecule has 5 rings (SSSR count). The highest BCUT2D eigenvalue weighted by Crippen LogP contribution is 2.48. The van der Waals surface area contributed by atoms with Crippen molar-refractivity contribution < 1.29 is 9.84 Å². The Labute approximate surface area is 173 Å². The summed E-state index contributed by atoms with van der Waals surface area (Å²) in [5.41, 5.74) is 5.94. The minimum absolute atomic E-state index is 0.0484. The van der Waals surface area contributed by atoms with Crippen molar-refractivity contribution in [1.82, 2.24) is 4.98 Å². The molecule has 0 spiro atoms. The number of aliphatic hydroxyl groups excluding tert-OH is 1. The maximum Gasteiger partial charge on any atom is 0.119 e. The summed E-state index contributed by atoms with van der Waals surface area (Å²) in [4.78, 5) is 9.57. The van der Waals surface area contributed by atoms with Crippen LogP contribution >= 0.6 is 11.8 Å². The van der Waals surface area contributed by atoms with Gasteiger partial charge in [-0.15, -0.1) is 0 Å². The predicted molar refractivity (Wildman–Crippen MR) is 118 cm³/mol. The zero-order chi connectivity index (χ0) is 20.0. The van der Waals surface area contributed by atoms with Crippen LogP contribution in [0, 0.1) is 0 Å². The molecule has 144 valence electrons. The third-order valence-corrected chi connectivity index (χ3v) is 6.46. The van der Waals surface area contributed by atoms with Gasteiger partial charge in [-0.05, 0) is 54.1 Å². The second kappa shape index (κ2) is 7.10. The van der Waals surface area contributed by atoms with Crippen LogP contribution in [0.4, 0.5) is 11.4 Å². The lowest BCUT2D eigenvalue weighted by atomic mass is 10.0. The fraction of sp³-hybridized carbons (Fsp3) is 0.125. The molecule has 0 atom stereocenters. The number of rotatable bonds is 3. The monoisotopic (exact) mass is 400 g/mol. The molecule has 4 aromatic rings. The van der Waals surface area contributed by atoms with Crippen LogP contribution in [0.5, 0.6) is 5.75 Å². The molecular formula is C24H20N2O2S. The molecule has 1 aliphatic heterocycles. The van der Waals surface area contributed by atoms with Crippen molar-refractivity contribution in [3.63, 3.8) is 0 Å². The van der Waals surface area contributed by atoms with Gasteiger partial charge < -0.3 is 14.7 Å². The molecule has 3 aromatic carbocycles. The van der Waals surface area contributed by atoms with Crippen molar-refractivity contribution in [2.24, 2.45) is 0 Å². The molecule has 29 heavy (non-hydrogen) atoms. The maximum absolute atomic E-state index is 9.93. The first kappa shape index (κ1) is 18.0. The predicted octanol–water partition coefficient (Wildman–Crippen LogP) is 5.64. The molecule has 0 amide bonds. The van der Waals surface area contributed by atoms with E-state index in [-0.39, 0.29) is 6.61 Å². The average Bonchev–Trinajstić information content (AvgIpc) is 2.78. The standard InChI is InChI=1S/C24H20N2O2S/c1-26-21-5-3-4-6-23(21)29-24-10-7-15(12-22(24)26)20-11-16(14-27)18-13-17(28-2)8-9-19(18)25-20/h3-13,27H,14H2,1-2H3. The van der Waals surface area contributed by atoms with Crippen molar-refractivity contribution in [2.45, 2.75) is 16.4 Å². The Balaban J connectivity index is 1.62. The van der Waals surface area contributed by atoms with Crippen molar-refractivity contribution in [3.05, 3.63) is 72.3 Å². The number of para-hydroxylation sites is 1. The molecule has 0 aliphatic carbocycles. The van der Waals surface area contributed by atoms with E-state index in [9.17, 15) is 5.11 Å². The van der Waals surface area contributed by atoms with Crippen LogP contribution in [0.2, 0.25) is 0 Å². The molecule has 1 N–H and O–H groups in total. The van der Waals surface area contributed by atoms with Crippen LogP contribution in [0.1, 0.15) is 5.56 Å². The number of ether oxygens (including phenoxy) is 1. The topological polar surface area (TPSA) is 45.6 Å². The van der Waals surface area contributed by atoms with E-state index in [1.165, 1.54) is 15.5 Å². The van der Waals surface area contributed by atoms with Crippen molar-refractivity contribution in [1.29, 1.82) is 0 Å². The second-order valence-corrected chi connectivity index (χ2v) is 8.10. The zero-order valence-electron chi connectivity index (χ0n) is 16.2. The first-order chi connectivity index (χ1) is 14.2. The van der Waals surface area contributed by atoms with E-state index < -0.39 is 0 Å². The summed E-state index contributed by atoms with van der Waals surface area (Å²) in [5.74, 6) is 0.757. The fourth-order valence-corrected chi connectivity index (χ4v) is 4.90. The molecule has 4 nitrogen and oxygen atoms in total. The molecule has 0 radical (unpaired) electrons. The first-order valence-electron chi connectivity index (χ1n) is 9.41. The van der Waals surface area contributed by atoms with Gasteiger partial charge in [-0.25, -0.2) is 4.98 Å². The average molecular weight is 401 g/mol. The number of nitrogens with zero attached hydrogens (tertiary/aromatic N) is 2. The fourth-order valence-electron chi connectivity index (χ4n) is 3.77. The van der Waals surface area contributed by atoms with Gasteiger partial charge >= 0.3 is 0 Å². The van der Waals surface area contributed by atoms with Crippen molar-refractivity contribution >= 4 is 34.0 Å². The van der Waals surface area contributed by atoms with Crippen LogP contribution in [0.15, 0.2) is 76.5 Å². The van der Waals surface area contributed by atoms with Crippen molar-refractivity contribution in [2.75, 3.05) is 19.1 Å². The van der Waals surface area contributed by atoms with E-state index in [0.717, 1.165) is 39.2 Å². The third-order valence-electron chi connectivity index (χ3n) is 5.33. The number of anilines is 2. The SMILES string of the molecule is COc1ccc2nc(-c3ccc4c(c3)N(C)c3ccccc3S4)cc(CO)c2c1. The van der Waals surface area contributed by atoms with Gasteiger partial charge in [-0.1, -0.05) is 30.0 Å². The van der Waals surface area contributed by atoms with E-state index in [4.69, 9.17) is 9.72 Å². The van der Waals surface area contributed by atoms with Crippen LogP contribution in [0.25, 0.3) is 22.2 Å². The second-order valence-electron chi connectivity index (χ2n) is 7.02. The third kappa shape index (κ3) is 3.03. The number of aliphatic hydroxyl groups is 1. The van der Waals surface area contributed by atoms with Crippen LogP contribution in [-0.2, 0) is 6.61 Å². The van der Waals surface area contributed by atoms with Gasteiger partial charge in [-0.3, -0.25) is 0 Å². The number of hydrogen-bond donors (Lipinski definition) is 1. The van der Waals surface area contributed by atoms with Gasteiger partial charge in [0.2, 0.25) is 0 Å². The lowest BCUT2D eigenvalue weighted by Gasteiger charge is -2.29. The van der Waals surface area contributed by atoms with Crippen LogP contribution < -0.4 is 9.64 Å². The number of fused-ring (bicyclic) bond motifs is 3. The highest BCUT2D eigenvalue weighted by Gasteiger charge is 2.21. The summed E-state index contributed by atoms with van der Waals surface area (Å²) in [6.45, 7) is -0.0484. The lowest BCUT2D eigenvalue weighted by Crippen LogP contribution is -2.14. The number of pyridine rings is 1. The summed E-state index contributed by atoms with van der Waals surface area (Å²) < 4.78 is 5.32. The first-order valence-corrected chi connectivity index (χ1v) is 10.2. The number of benzene rings is 3. The Bertz CT molecular complexity index is 1240. The van der Waals surface area contributed by atoms with Crippen LogP contribution in [0.3, 0.4) is 0 Å². The van der Waals surface area contributed by atoms with Crippen molar-refractivity contribution in [3.8, 4) is 17.0 Å². The quantitative estimate of drug-likeness (QED) is 0.482. The molecule has 1 aromatic heterocycles. The van der Waals surface area contributed by atoms with E-state index >= 15 is 0 Å². The number of hydrogen-bond acceptors (Lipinski definition) is 5. The Morgan fingerprint density at radius 3 is 2.62 bits per heavy atom. The Morgan fingerprint density at radius 2 is 1.79 bits per heavy atom. The molecule has 2 heterocycles. The number of methoxy groups -OCH3 is 1. The van der Waals surface area contributed by atoms with Gasteiger partial charge in [0.05, 0.1) is 36.3 Å². The minimum atomic E-state index is -0.0484. The summed E-state index contributed by atoms with van der Waals surface area (Å²) in [6, 6.07) is 22.6. The molecule has 1 aliphatic rings. The van der Waals surface area contributed by atoms with E-state index in [0.29, 0.717) is 0 Å². The molecule has 5 heteroatoms. The van der Waals surface area contributed by atoms with E-state index in [1.54, 1.807) is 18.9 Å². The molecule has 0 saturated heterocycles. The summed E-state index contributed by atoms with van der Waals surface area (Å²) in [5, 5.41) is 10.8. The Hall–Kier alpha value is -3.02. The molecule has 0 saturated carbocycles. The Kier molecular flexibility index (Phi) is 4.42. The Morgan fingerprint density at radius 1 is 0.966 bits per heavy atom. The summed E-state index contributed by atoms with van der Waals surface area (Å²) in [6.07, 6.45) is 0. The van der Waals surface area contributed by atoms with E-state index in [2.05, 4.69) is 54.4 Å². The smallest absolute Gasteiger partial charge is 0.119 e. The van der Waals surface area contributed by atoms with Gasteiger partial charge in [0.1, 0.15) is 5.75 Å². The maximum atomic E-state index is 9.93. The minimum Gasteiger partial charge on any atom is -0.497 e. The van der Waals surface area contributed by atoms with Crippen LogP contribution in [-0.4, -0.2) is 24.2 Å². The summed E-state index contributed by atoms with van der Waals surface area (Å²) >= 11 is 1.79. The zero-order valence-corrected chi connectivity index (χ0v) is 17.0. The highest BCUT2D eigenvalue weighted by atomic mass is 32.2. The lowest BCUT2D eigenvalue weighted by molar-refractivity contribution is 0.283. The molecule has 0 fully saturated rings. The van der Waals surface area contributed by atoms with Gasteiger partial charge in [-0.2, -0.15) is 0 Å². The summed E-state index contributed by atoms with van der Waals surface area (Å²) in [7, 11) is 3.74. The molecular weight excluding hydrogens is 380 g/mol. The highest BCUT2D eigenvalue weighted by molar-refractivity contribution is 7.99. The van der Waals surface area contributed by atoms with Gasteiger partial charge in [0.15, 0.2) is 0 Å². The normalized spacial score (nSPS) is 12.6. The number of aromatic nitrogens is 1. The largest absolute Gasteiger partial charge is 0.497 e. The van der Waals surface area contributed by atoms with Gasteiger partial charge in [0, 0.05) is 27.8 Å². The molecule has 0 unspecified atom stereocenters. The van der Waals surface area contributed by atoms with E-state index in [1.807, 2.05) is 24.3 Å². The van der Waals surface area contributed by atoms with Gasteiger partial charge in [0.25, 0.3) is 0 Å².